The third-order valence-corrected chi connectivity index (χ3v) is 3.46. The zero-order chi connectivity index (χ0) is 14.7. The van der Waals surface area contributed by atoms with E-state index in [9.17, 15) is 18.4 Å². The van der Waals surface area contributed by atoms with E-state index in [2.05, 4.69) is 5.32 Å². The van der Waals surface area contributed by atoms with Crippen LogP contribution in [-0.4, -0.2) is 35.8 Å². The second-order valence-corrected chi connectivity index (χ2v) is 4.88. The van der Waals surface area contributed by atoms with Gasteiger partial charge in [-0.1, -0.05) is 0 Å². The van der Waals surface area contributed by atoms with Gasteiger partial charge in [-0.05, 0) is 31.0 Å². The van der Waals surface area contributed by atoms with Gasteiger partial charge in [0.2, 0.25) is 5.91 Å². The van der Waals surface area contributed by atoms with Crippen LogP contribution in [0.2, 0.25) is 0 Å². The average molecular weight is 282 g/mol. The summed E-state index contributed by atoms with van der Waals surface area (Å²) in [5.41, 5.74) is 0.0953. The fourth-order valence-electron chi connectivity index (χ4n) is 2.24. The lowest BCUT2D eigenvalue weighted by atomic mass is 10.0. The van der Waals surface area contributed by atoms with Crippen LogP contribution in [0.25, 0.3) is 0 Å². The van der Waals surface area contributed by atoms with E-state index in [1.807, 2.05) is 0 Å². The Morgan fingerprint density at radius 3 is 2.40 bits per heavy atom. The normalized spacial score (nSPS) is 16.1. The quantitative estimate of drug-likeness (QED) is 0.897. The zero-order valence-electron chi connectivity index (χ0n) is 11.2. The van der Waals surface area contributed by atoms with Crippen molar-refractivity contribution in [3.05, 3.63) is 35.4 Å². The smallest absolute Gasteiger partial charge is 0.251 e. The first kappa shape index (κ1) is 14.4. The lowest BCUT2D eigenvalue weighted by Gasteiger charge is -2.31. The van der Waals surface area contributed by atoms with E-state index in [0.717, 1.165) is 12.1 Å². The molecule has 1 fully saturated rings. The molecule has 1 aromatic rings. The first-order valence-corrected chi connectivity index (χ1v) is 6.49. The Kier molecular flexibility index (Phi) is 4.32. The molecule has 6 heteroatoms. The molecule has 2 rings (SSSR count). The van der Waals surface area contributed by atoms with Crippen molar-refractivity contribution >= 4 is 11.8 Å². The average Bonchev–Trinajstić information content (AvgIpc) is 2.42. The maximum atomic E-state index is 13.1. The summed E-state index contributed by atoms with van der Waals surface area (Å²) in [7, 11) is 0. The van der Waals surface area contributed by atoms with Gasteiger partial charge < -0.3 is 10.2 Å². The van der Waals surface area contributed by atoms with Crippen LogP contribution >= 0.6 is 0 Å². The Morgan fingerprint density at radius 2 is 1.85 bits per heavy atom. The molecule has 0 aliphatic carbocycles. The zero-order valence-corrected chi connectivity index (χ0v) is 11.2. The number of piperidine rings is 1. The molecule has 1 N–H and O–H groups in total. The van der Waals surface area contributed by atoms with E-state index < -0.39 is 17.5 Å². The highest BCUT2D eigenvalue weighted by molar-refractivity contribution is 5.94. The number of nitrogens with one attached hydrogen (secondary N) is 1. The molecule has 1 saturated heterocycles. The molecule has 0 aromatic heterocycles. The highest BCUT2D eigenvalue weighted by Crippen LogP contribution is 2.13. The second kappa shape index (κ2) is 5.98. The van der Waals surface area contributed by atoms with Crippen LogP contribution in [0.5, 0.6) is 0 Å². The van der Waals surface area contributed by atoms with Crippen molar-refractivity contribution in [2.45, 2.75) is 25.8 Å². The van der Waals surface area contributed by atoms with E-state index in [0.29, 0.717) is 25.9 Å². The van der Waals surface area contributed by atoms with E-state index in [1.54, 1.807) is 4.90 Å². The molecule has 0 unspecified atom stereocenters. The number of hydrogen-bond acceptors (Lipinski definition) is 2. The first-order chi connectivity index (χ1) is 9.47. The number of nitrogens with zero attached hydrogens (tertiary/aromatic N) is 1. The Morgan fingerprint density at radius 1 is 1.20 bits per heavy atom. The minimum Gasteiger partial charge on any atom is -0.349 e. The monoisotopic (exact) mass is 282 g/mol. The summed E-state index contributed by atoms with van der Waals surface area (Å²) in [6.07, 6.45) is 1.32. The van der Waals surface area contributed by atoms with Gasteiger partial charge in [0.05, 0.1) is 0 Å². The van der Waals surface area contributed by atoms with Gasteiger partial charge in [-0.15, -0.1) is 0 Å². The predicted molar refractivity (Wildman–Crippen MR) is 69.1 cm³/mol. The number of likely N-dealkylation sites (tertiary alicyclic amines) is 1. The highest BCUT2D eigenvalue weighted by atomic mass is 19.2. The molecule has 108 valence electrons. The summed E-state index contributed by atoms with van der Waals surface area (Å²) in [5, 5.41) is 2.78. The number of halogens is 2. The molecule has 4 nitrogen and oxygen atoms in total. The molecule has 2 amide bonds. The van der Waals surface area contributed by atoms with E-state index in [1.165, 1.54) is 13.0 Å². The summed E-state index contributed by atoms with van der Waals surface area (Å²) in [4.78, 5) is 24.8. The molecule has 0 radical (unpaired) electrons. The topological polar surface area (TPSA) is 49.4 Å². The van der Waals surface area contributed by atoms with E-state index in [-0.39, 0.29) is 17.5 Å². The summed E-state index contributed by atoms with van der Waals surface area (Å²) >= 11 is 0. The largest absolute Gasteiger partial charge is 0.349 e. The van der Waals surface area contributed by atoms with Crippen molar-refractivity contribution in [1.82, 2.24) is 10.2 Å². The predicted octanol–water partition coefficient (Wildman–Crippen LogP) is 1.71. The van der Waals surface area contributed by atoms with E-state index >= 15 is 0 Å². The van der Waals surface area contributed by atoms with Crippen molar-refractivity contribution in [2.75, 3.05) is 13.1 Å². The van der Waals surface area contributed by atoms with Gasteiger partial charge in [0.1, 0.15) is 0 Å². The fraction of sp³-hybridized carbons (Fsp3) is 0.429. The Balaban J connectivity index is 1.92. The van der Waals surface area contributed by atoms with Gasteiger partial charge in [-0.3, -0.25) is 9.59 Å². The number of amides is 2. The molecule has 20 heavy (non-hydrogen) atoms. The standard InChI is InChI=1S/C14H16F2N2O2/c1-9(19)18-6-4-11(5-7-18)17-14(20)10-2-3-12(15)13(16)8-10/h2-3,8,11H,4-7H2,1H3,(H,17,20). The molecule has 0 bridgehead atoms. The van der Waals surface area contributed by atoms with Gasteiger partial charge in [0.15, 0.2) is 11.6 Å². The molecule has 0 spiro atoms. The fourth-order valence-corrected chi connectivity index (χ4v) is 2.24. The van der Waals surface area contributed by atoms with Gasteiger partial charge >= 0.3 is 0 Å². The number of rotatable bonds is 2. The molecule has 1 aromatic carbocycles. The molecular weight excluding hydrogens is 266 g/mol. The van der Waals surface area contributed by atoms with Crippen molar-refractivity contribution < 1.29 is 18.4 Å². The van der Waals surface area contributed by atoms with Crippen LogP contribution in [0.4, 0.5) is 8.78 Å². The number of hydrogen-bond donors (Lipinski definition) is 1. The van der Waals surface area contributed by atoms with Crippen molar-refractivity contribution in [3.63, 3.8) is 0 Å². The van der Waals surface area contributed by atoms with E-state index in [4.69, 9.17) is 0 Å². The molecular formula is C14H16F2N2O2. The highest BCUT2D eigenvalue weighted by Gasteiger charge is 2.22. The molecule has 1 heterocycles. The summed E-state index contributed by atoms with van der Waals surface area (Å²) in [5.74, 6) is -2.42. The van der Waals surface area contributed by atoms with Crippen LogP contribution < -0.4 is 5.32 Å². The van der Waals surface area contributed by atoms with Gasteiger partial charge in [-0.2, -0.15) is 0 Å². The van der Waals surface area contributed by atoms with Crippen LogP contribution in [0.1, 0.15) is 30.1 Å². The van der Waals surface area contributed by atoms with Crippen molar-refractivity contribution in [3.8, 4) is 0 Å². The number of benzene rings is 1. The first-order valence-electron chi connectivity index (χ1n) is 6.49. The molecule has 1 aliphatic heterocycles. The van der Waals surface area contributed by atoms with Crippen LogP contribution in [0.15, 0.2) is 18.2 Å². The summed E-state index contributed by atoms with van der Waals surface area (Å²) < 4.78 is 25.9. The molecule has 1 aliphatic rings. The Bertz CT molecular complexity index is 526. The lowest BCUT2D eigenvalue weighted by Crippen LogP contribution is -2.46. The number of carbonyl (C=O) groups is 2. The van der Waals surface area contributed by atoms with Crippen LogP contribution in [-0.2, 0) is 4.79 Å². The van der Waals surface area contributed by atoms with Gasteiger partial charge in [-0.25, -0.2) is 8.78 Å². The minimum absolute atomic E-state index is 0.0235. The Labute approximate surface area is 115 Å². The SMILES string of the molecule is CC(=O)N1CCC(NC(=O)c2ccc(F)c(F)c2)CC1. The van der Waals surface area contributed by atoms with Crippen LogP contribution in [0, 0.1) is 11.6 Å². The molecule has 0 saturated carbocycles. The van der Waals surface area contributed by atoms with Crippen LogP contribution in [0.3, 0.4) is 0 Å². The van der Waals surface area contributed by atoms with Crippen molar-refractivity contribution in [1.29, 1.82) is 0 Å². The second-order valence-electron chi connectivity index (χ2n) is 4.88. The summed E-state index contributed by atoms with van der Waals surface area (Å²) in [6.45, 7) is 2.70. The number of carbonyl (C=O) groups excluding carboxylic acids is 2. The third kappa shape index (κ3) is 3.31. The maximum absolute atomic E-state index is 13.1. The lowest BCUT2D eigenvalue weighted by molar-refractivity contribution is -0.129. The van der Waals surface area contributed by atoms with Gasteiger partial charge in [0.25, 0.3) is 5.91 Å². The van der Waals surface area contributed by atoms with Crippen molar-refractivity contribution in [2.24, 2.45) is 0 Å². The molecule has 0 atom stereocenters. The minimum atomic E-state index is -1.04. The third-order valence-electron chi connectivity index (χ3n) is 3.46. The maximum Gasteiger partial charge on any atom is 0.251 e. The van der Waals surface area contributed by atoms with Gasteiger partial charge in [0, 0.05) is 31.6 Å². The Hall–Kier alpha value is -1.98. The summed E-state index contributed by atoms with van der Waals surface area (Å²) in [6, 6.07) is 3.02.